The first kappa shape index (κ1) is 16.5. The SMILES string of the molecule is O=C(Cc1c(Cl)cccc1Cl)Nc1ccc([N+](=O)[O-])cc1Cl. The van der Waals surface area contributed by atoms with Crippen molar-refractivity contribution in [2.45, 2.75) is 6.42 Å². The van der Waals surface area contributed by atoms with Crippen LogP contribution in [0.25, 0.3) is 0 Å². The molecule has 5 nitrogen and oxygen atoms in total. The number of nitrogens with one attached hydrogen (secondary N) is 1. The van der Waals surface area contributed by atoms with Gasteiger partial charge in [0.05, 0.1) is 22.1 Å². The maximum atomic E-state index is 12.0. The van der Waals surface area contributed by atoms with Gasteiger partial charge in [-0.15, -0.1) is 0 Å². The first-order valence-electron chi connectivity index (χ1n) is 6.05. The molecule has 0 saturated carbocycles. The molecule has 0 bridgehead atoms. The first-order valence-corrected chi connectivity index (χ1v) is 7.18. The molecule has 2 rings (SSSR count). The molecule has 0 spiro atoms. The van der Waals surface area contributed by atoms with E-state index in [1.54, 1.807) is 18.2 Å². The third kappa shape index (κ3) is 3.88. The van der Waals surface area contributed by atoms with Crippen molar-refractivity contribution < 1.29 is 9.72 Å². The normalized spacial score (nSPS) is 10.3. The van der Waals surface area contributed by atoms with Crippen molar-refractivity contribution in [2.24, 2.45) is 0 Å². The molecule has 8 heteroatoms. The zero-order valence-corrected chi connectivity index (χ0v) is 13.2. The fourth-order valence-electron chi connectivity index (χ4n) is 1.78. The molecule has 2 aromatic rings. The summed E-state index contributed by atoms with van der Waals surface area (Å²) in [6, 6.07) is 8.74. The van der Waals surface area contributed by atoms with Gasteiger partial charge >= 0.3 is 0 Å². The highest BCUT2D eigenvalue weighted by atomic mass is 35.5. The minimum Gasteiger partial charge on any atom is -0.324 e. The lowest BCUT2D eigenvalue weighted by atomic mass is 10.1. The predicted octanol–water partition coefficient (Wildman–Crippen LogP) is 4.74. The van der Waals surface area contributed by atoms with E-state index < -0.39 is 4.92 Å². The van der Waals surface area contributed by atoms with E-state index in [4.69, 9.17) is 34.8 Å². The lowest BCUT2D eigenvalue weighted by Crippen LogP contribution is -2.15. The Morgan fingerprint density at radius 1 is 1.09 bits per heavy atom. The minimum absolute atomic E-state index is 0.0359. The topological polar surface area (TPSA) is 72.2 Å². The molecule has 1 amide bonds. The van der Waals surface area contributed by atoms with E-state index in [-0.39, 0.29) is 28.7 Å². The van der Waals surface area contributed by atoms with Crippen LogP contribution >= 0.6 is 34.8 Å². The number of rotatable bonds is 4. The minimum atomic E-state index is -0.568. The molecule has 0 aliphatic carbocycles. The van der Waals surface area contributed by atoms with Crippen molar-refractivity contribution in [1.82, 2.24) is 0 Å². The van der Waals surface area contributed by atoms with Crippen molar-refractivity contribution in [2.75, 3.05) is 5.32 Å². The van der Waals surface area contributed by atoms with Crippen LogP contribution in [0, 0.1) is 10.1 Å². The quantitative estimate of drug-likeness (QED) is 0.633. The number of nitro groups is 1. The molecule has 0 aliphatic rings. The number of hydrogen-bond donors (Lipinski definition) is 1. The number of hydrogen-bond acceptors (Lipinski definition) is 3. The smallest absolute Gasteiger partial charge is 0.271 e. The van der Waals surface area contributed by atoms with Crippen LogP contribution in [-0.4, -0.2) is 10.8 Å². The van der Waals surface area contributed by atoms with Crippen LogP contribution in [-0.2, 0) is 11.2 Å². The molecule has 0 unspecified atom stereocenters. The summed E-state index contributed by atoms with van der Waals surface area (Å²) in [7, 11) is 0. The van der Waals surface area contributed by atoms with Crippen molar-refractivity contribution >= 4 is 52.1 Å². The van der Waals surface area contributed by atoms with Crippen molar-refractivity contribution in [3.05, 3.63) is 67.1 Å². The van der Waals surface area contributed by atoms with E-state index in [0.717, 1.165) is 0 Å². The zero-order valence-electron chi connectivity index (χ0n) is 11.0. The second-order valence-electron chi connectivity index (χ2n) is 4.35. The molecule has 114 valence electrons. The molecule has 0 heterocycles. The molecule has 0 aliphatic heterocycles. The molecule has 22 heavy (non-hydrogen) atoms. The average molecular weight is 360 g/mol. The van der Waals surface area contributed by atoms with Crippen LogP contribution in [0.4, 0.5) is 11.4 Å². The summed E-state index contributed by atoms with van der Waals surface area (Å²) in [5.74, 6) is -0.384. The van der Waals surface area contributed by atoms with Crippen LogP contribution < -0.4 is 5.32 Å². The number of carbonyl (C=O) groups excluding carboxylic acids is 1. The van der Waals surface area contributed by atoms with Gasteiger partial charge < -0.3 is 5.32 Å². The van der Waals surface area contributed by atoms with Gasteiger partial charge in [-0.05, 0) is 23.8 Å². The van der Waals surface area contributed by atoms with Crippen LogP contribution in [0.5, 0.6) is 0 Å². The maximum absolute atomic E-state index is 12.0. The number of carbonyl (C=O) groups is 1. The highest BCUT2D eigenvalue weighted by Gasteiger charge is 2.14. The van der Waals surface area contributed by atoms with Gasteiger partial charge in [0.15, 0.2) is 0 Å². The Kier molecular flexibility index (Phi) is 5.24. The van der Waals surface area contributed by atoms with E-state index in [9.17, 15) is 14.9 Å². The first-order chi connectivity index (χ1) is 10.4. The number of amides is 1. The van der Waals surface area contributed by atoms with E-state index in [0.29, 0.717) is 15.6 Å². The van der Waals surface area contributed by atoms with Gasteiger partial charge in [-0.1, -0.05) is 40.9 Å². The van der Waals surface area contributed by atoms with Crippen LogP contribution in [0.15, 0.2) is 36.4 Å². The Morgan fingerprint density at radius 3 is 2.27 bits per heavy atom. The monoisotopic (exact) mass is 358 g/mol. The van der Waals surface area contributed by atoms with E-state index in [1.165, 1.54) is 18.2 Å². The summed E-state index contributed by atoms with van der Waals surface area (Å²) in [6.45, 7) is 0. The molecule has 0 radical (unpaired) electrons. The third-order valence-electron chi connectivity index (χ3n) is 2.84. The number of nitrogens with zero attached hydrogens (tertiary/aromatic N) is 1. The fourth-order valence-corrected chi connectivity index (χ4v) is 2.53. The Morgan fingerprint density at radius 2 is 1.73 bits per heavy atom. The highest BCUT2D eigenvalue weighted by molar-refractivity contribution is 6.36. The van der Waals surface area contributed by atoms with E-state index >= 15 is 0 Å². The lowest BCUT2D eigenvalue weighted by Gasteiger charge is -2.09. The summed E-state index contributed by atoms with van der Waals surface area (Å²) in [5.41, 5.74) is 0.624. The van der Waals surface area contributed by atoms with Gasteiger partial charge in [-0.25, -0.2) is 0 Å². The summed E-state index contributed by atoms with van der Waals surface area (Å²) >= 11 is 17.9. The maximum Gasteiger partial charge on any atom is 0.271 e. The molecule has 0 saturated heterocycles. The molecular weight excluding hydrogens is 351 g/mol. The van der Waals surface area contributed by atoms with Gasteiger partial charge in [-0.3, -0.25) is 14.9 Å². The standard InChI is InChI=1S/C14H9Cl3N2O3/c15-10-2-1-3-11(16)9(10)7-14(20)18-13-5-4-8(19(21)22)6-12(13)17/h1-6H,7H2,(H,18,20). The van der Waals surface area contributed by atoms with Gasteiger partial charge in [0, 0.05) is 22.2 Å². The lowest BCUT2D eigenvalue weighted by molar-refractivity contribution is -0.384. The highest BCUT2D eigenvalue weighted by Crippen LogP contribution is 2.28. The Balaban J connectivity index is 2.14. The van der Waals surface area contributed by atoms with Crippen molar-refractivity contribution in [3.8, 4) is 0 Å². The molecular formula is C14H9Cl3N2O3. The van der Waals surface area contributed by atoms with Gasteiger partial charge in [0.2, 0.25) is 5.91 Å². The zero-order chi connectivity index (χ0) is 16.3. The van der Waals surface area contributed by atoms with Crippen molar-refractivity contribution in [1.29, 1.82) is 0 Å². The number of nitro benzene ring substituents is 1. The van der Waals surface area contributed by atoms with Crippen LogP contribution in [0.1, 0.15) is 5.56 Å². The number of anilines is 1. The Labute approximate surface area is 140 Å². The van der Waals surface area contributed by atoms with Gasteiger partial charge in [0.1, 0.15) is 0 Å². The molecule has 0 aromatic heterocycles. The third-order valence-corrected chi connectivity index (χ3v) is 3.86. The number of halogens is 3. The number of non-ortho nitro benzene ring substituents is 1. The average Bonchev–Trinajstić information content (AvgIpc) is 2.45. The molecule has 0 fully saturated rings. The summed E-state index contributed by atoms with van der Waals surface area (Å²) in [4.78, 5) is 22.1. The molecule has 1 N–H and O–H groups in total. The second kappa shape index (κ2) is 6.96. The molecule has 0 atom stereocenters. The fraction of sp³-hybridized carbons (Fsp3) is 0.0714. The van der Waals surface area contributed by atoms with Crippen LogP contribution in [0.2, 0.25) is 15.1 Å². The van der Waals surface area contributed by atoms with Crippen molar-refractivity contribution in [3.63, 3.8) is 0 Å². The van der Waals surface area contributed by atoms with E-state index in [1.807, 2.05) is 0 Å². The van der Waals surface area contributed by atoms with E-state index in [2.05, 4.69) is 5.32 Å². The predicted molar refractivity (Wildman–Crippen MR) is 86.9 cm³/mol. The summed E-state index contributed by atoms with van der Waals surface area (Å²) in [5, 5.41) is 14.1. The largest absolute Gasteiger partial charge is 0.324 e. The summed E-state index contributed by atoms with van der Waals surface area (Å²) < 4.78 is 0. The molecule has 2 aromatic carbocycles. The second-order valence-corrected chi connectivity index (χ2v) is 5.57. The van der Waals surface area contributed by atoms with Gasteiger partial charge in [-0.2, -0.15) is 0 Å². The van der Waals surface area contributed by atoms with Gasteiger partial charge in [0.25, 0.3) is 5.69 Å². The summed E-state index contributed by atoms with van der Waals surface area (Å²) in [6.07, 6.45) is -0.0359. The number of benzene rings is 2. The van der Waals surface area contributed by atoms with Crippen LogP contribution in [0.3, 0.4) is 0 Å². The Bertz CT molecular complexity index is 730. The Hall–Kier alpha value is -1.82.